The summed E-state index contributed by atoms with van der Waals surface area (Å²) in [6.07, 6.45) is 7.97. The van der Waals surface area contributed by atoms with Crippen LogP contribution in [0.2, 0.25) is 18.1 Å². The van der Waals surface area contributed by atoms with Crippen LogP contribution >= 0.6 is 15.9 Å². The van der Waals surface area contributed by atoms with Gasteiger partial charge in [-0.05, 0) is 73.5 Å². The minimum Gasteiger partial charge on any atom is -0.411 e. The molecule has 0 N–H and O–H groups in total. The monoisotopic (exact) mass is 438 g/mol. The fourth-order valence-corrected chi connectivity index (χ4v) is 7.53. The van der Waals surface area contributed by atoms with Crippen molar-refractivity contribution in [1.29, 1.82) is 0 Å². The summed E-state index contributed by atoms with van der Waals surface area (Å²) in [4.78, 5) is 0. The standard InChI is InChI=1S/C23H39BrOSi/c1-7-20(21-15-13-17-22(24)19-21)16-14-18-23(8-2,9-3)25-26(10-4,11-5)12-6/h13,15-17,19H,7-12,14,18H2,1-6H3. The normalized spacial score (nSPS) is 13.3. The van der Waals surface area contributed by atoms with Crippen molar-refractivity contribution in [1.82, 2.24) is 0 Å². The second-order valence-corrected chi connectivity index (χ2v) is 13.0. The Morgan fingerprint density at radius 3 is 2.12 bits per heavy atom. The Morgan fingerprint density at radius 2 is 1.65 bits per heavy atom. The molecule has 3 heteroatoms. The summed E-state index contributed by atoms with van der Waals surface area (Å²) in [6.45, 7) is 13.9. The molecule has 0 saturated heterocycles. The molecule has 0 amide bonds. The Bertz CT molecular complexity index is 551. The molecule has 0 atom stereocenters. The molecule has 0 aliphatic rings. The molecule has 1 aromatic rings. The molecule has 1 nitrogen and oxygen atoms in total. The van der Waals surface area contributed by atoms with Crippen LogP contribution in [0.3, 0.4) is 0 Å². The smallest absolute Gasteiger partial charge is 0.192 e. The summed E-state index contributed by atoms with van der Waals surface area (Å²) in [5.41, 5.74) is 2.83. The van der Waals surface area contributed by atoms with Crippen LogP contribution in [0.4, 0.5) is 0 Å². The molecule has 148 valence electrons. The molecular weight excluding hydrogens is 400 g/mol. The van der Waals surface area contributed by atoms with E-state index in [4.69, 9.17) is 4.43 Å². The molecule has 0 saturated carbocycles. The topological polar surface area (TPSA) is 9.23 Å². The SMILES string of the molecule is CCC(=CCCC(CC)(CC)O[Si](CC)(CC)CC)c1cccc(Br)c1. The number of rotatable bonds is 12. The Hall–Kier alpha value is -0.383. The van der Waals surface area contributed by atoms with E-state index in [9.17, 15) is 0 Å². The lowest BCUT2D eigenvalue weighted by atomic mass is 9.90. The largest absolute Gasteiger partial charge is 0.411 e. The van der Waals surface area contributed by atoms with Crippen molar-refractivity contribution in [2.75, 3.05) is 0 Å². The fraction of sp³-hybridized carbons (Fsp3) is 0.652. The molecule has 0 radical (unpaired) electrons. The highest BCUT2D eigenvalue weighted by Gasteiger charge is 2.38. The van der Waals surface area contributed by atoms with Gasteiger partial charge in [-0.15, -0.1) is 0 Å². The van der Waals surface area contributed by atoms with Crippen LogP contribution < -0.4 is 0 Å². The van der Waals surface area contributed by atoms with Gasteiger partial charge in [-0.25, -0.2) is 0 Å². The minimum absolute atomic E-state index is 0.0564. The van der Waals surface area contributed by atoms with E-state index in [-0.39, 0.29) is 5.60 Å². The Labute approximate surface area is 171 Å². The predicted octanol–water partition coefficient (Wildman–Crippen LogP) is 8.60. The maximum absolute atomic E-state index is 7.01. The van der Waals surface area contributed by atoms with E-state index < -0.39 is 8.32 Å². The highest BCUT2D eigenvalue weighted by Crippen LogP contribution is 2.35. The summed E-state index contributed by atoms with van der Waals surface area (Å²) < 4.78 is 8.17. The van der Waals surface area contributed by atoms with Gasteiger partial charge < -0.3 is 4.43 Å². The van der Waals surface area contributed by atoms with Crippen molar-refractivity contribution in [3.8, 4) is 0 Å². The number of hydrogen-bond donors (Lipinski definition) is 0. The van der Waals surface area contributed by atoms with Crippen LogP contribution in [0.5, 0.6) is 0 Å². The van der Waals surface area contributed by atoms with Crippen molar-refractivity contribution >= 4 is 29.8 Å². The van der Waals surface area contributed by atoms with Gasteiger partial charge in [0, 0.05) is 4.47 Å². The molecule has 0 fully saturated rings. The maximum atomic E-state index is 7.01. The van der Waals surface area contributed by atoms with Gasteiger partial charge in [-0.3, -0.25) is 0 Å². The van der Waals surface area contributed by atoms with E-state index >= 15 is 0 Å². The number of benzene rings is 1. The Balaban J connectivity index is 2.93. The van der Waals surface area contributed by atoms with Gasteiger partial charge in [-0.1, -0.05) is 75.7 Å². The van der Waals surface area contributed by atoms with Crippen molar-refractivity contribution in [3.63, 3.8) is 0 Å². The summed E-state index contributed by atoms with van der Waals surface area (Å²) in [7, 11) is -1.58. The van der Waals surface area contributed by atoms with Gasteiger partial charge in [0.15, 0.2) is 8.32 Å². The van der Waals surface area contributed by atoms with Gasteiger partial charge in [0.25, 0.3) is 0 Å². The predicted molar refractivity (Wildman–Crippen MR) is 123 cm³/mol. The summed E-state index contributed by atoms with van der Waals surface area (Å²) in [5, 5.41) is 0. The van der Waals surface area contributed by atoms with Crippen molar-refractivity contribution in [2.45, 2.75) is 97.4 Å². The highest BCUT2D eigenvalue weighted by atomic mass is 79.9. The van der Waals surface area contributed by atoms with E-state index in [1.807, 2.05) is 0 Å². The average Bonchev–Trinajstić information content (AvgIpc) is 2.68. The minimum atomic E-state index is -1.58. The summed E-state index contributed by atoms with van der Waals surface area (Å²) in [5.74, 6) is 0. The van der Waals surface area contributed by atoms with Crippen molar-refractivity contribution in [3.05, 3.63) is 40.4 Å². The zero-order chi connectivity index (χ0) is 19.6. The molecule has 0 heterocycles. The third-order valence-electron chi connectivity index (χ3n) is 6.22. The van der Waals surface area contributed by atoms with Crippen LogP contribution in [0.1, 0.15) is 79.2 Å². The first-order chi connectivity index (χ1) is 12.4. The molecule has 0 aliphatic heterocycles. The summed E-state index contributed by atoms with van der Waals surface area (Å²) in [6, 6.07) is 12.3. The molecule has 1 rings (SSSR count). The van der Waals surface area contributed by atoms with Crippen molar-refractivity contribution in [2.24, 2.45) is 0 Å². The van der Waals surface area contributed by atoms with E-state index in [1.54, 1.807) is 0 Å². The first kappa shape index (κ1) is 23.7. The molecule has 0 bridgehead atoms. The molecular formula is C23H39BrOSi. The third kappa shape index (κ3) is 6.35. The van der Waals surface area contributed by atoms with Crippen LogP contribution in [0.15, 0.2) is 34.8 Å². The van der Waals surface area contributed by atoms with Gasteiger partial charge in [-0.2, -0.15) is 0 Å². The van der Waals surface area contributed by atoms with E-state index in [1.165, 1.54) is 29.3 Å². The number of hydrogen-bond acceptors (Lipinski definition) is 1. The lowest BCUT2D eigenvalue weighted by Crippen LogP contribution is -2.46. The molecule has 0 aromatic heterocycles. The van der Waals surface area contributed by atoms with E-state index in [0.29, 0.717) is 0 Å². The molecule has 0 spiro atoms. The van der Waals surface area contributed by atoms with Crippen LogP contribution in [-0.2, 0) is 4.43 Å². The van der Waals surface area contributed by atoms with E-state index in [2.05, 4.69) is 87.8 Å². The van der Waals surface area contributed by atoms with Gasteiger partial charge in [0.1, 0.15) is 0 Å². The van der Waals surface area contributed by atoms with Gasteiger partial charge >= 0.3 is 0 Å². The number of halogens is 1. The third-order valence-corrected chi connectivity index (χ3v) is 11.4. The van der Waals surface area contributed by atoms with Crippen LogP contribution in [0.25, 0.3) is 5.57 Å². The zero-order valence-corrected chi connectivity index (χ0v) is 20.4. The van der Waals surface area contributed by atoms with Crippen LogP contribution in [-0.4, -0.2) is 13.9 Å². The van der Waals surface area contributed by atoms with E-state index in [0.717, 1.165) is 36.6 Å². The fourth-order valence-electron chi connectivity index (χ4n) is 3.89. The van der Waals surface area contributed by atoms with Gasteiger partial charge in [0.2, 0.25) is 0 Å². The highest BCUT2D eigenvalue weighted by molar-refractivity contribution is 9.10. The lowest BCUT2D eigenvalue weighted by molar-refractivity contribution is 0.0397. The second-order valence-electron chi connectivity index (χ2n) is 7.37. The second kappa shape index (κ2) is 11.5. The van der Waals surface area contributed by atoms with Crippen LogP contribution in [0, 0.1) is 0 Å². The van der Waals surface area contributed by atoms with Crippen molar-refractivity contribution < 1.29 is 4.43 Å². The lowest BCUT2D eigenvalue weighted by Gasteiger charge is -2.42. The average molecular weight is 440 g/mol. The molecule has 26 heavy (non-hydrogen) atoms. The Morgan fingerprint density at radius 1 is 1.04 bits per heavy atom. The molecule has 0 unspecified atom stereocenters. The molecule has 0 aliphatic carbocycles. The first-order valence-corrected chi connectivity index (χ1v) is 13.9. The maximum Gasteiger partial charge on any atom is 0.192 e. The Kier molecular flexibility index (Phi) is 10.4. The van der Waals surface area contributed by atoms with Gasteiger partial charge in [0.05, 0.1) is 5.60 Å². The zero-order valence-electron chi connectivity index (χ0n) is 17.8. The number of allylic oxidation sites excluding steroid dienone is 2. The first-order valence-electron chi connectivity index (χ1n) is 10.6. The summed E-state index contributed by atoms with van der Waals surface area (Å²) >= 11 is 3.60. The molecule has 1 aromatic carbocycles. The quantitative estimate of drug-likeness (QED) is 0.296.